The molecule has 1 N–H and O–H groups in total. The first-order valence-electron chi connectivity index (χ1n) is 4.96. The van der Waals surface area contributed by atoms with Gasteiger partial charge in [-0.25, -0.2) is 0 Å². The van der Waals surface area contributed by atoms with Crippen molar-refractivity contribution in [2.24, 2.45) is 0 Å². The SMILES string of the molecule is O=S(=O)(O)c1ccc(Oc2ccc(Cl)cc2)cc1. The van der Waals surface area contributed by atoms with Gasteiger partial charge in [-0.2, -0.15) is 8.42 Å². The lowest BCUT2D eigenvalue weighted by atomic mass is 10.3. The van der Waals surface area contributed by atoms with Gasteiger partial charge in [0.2, 0.25) is 0 Å². The average Bonchev–Trinajstić information content (AvgIpc) is 2.32. The molecule has 0 bridgehead atoms. The predicted octanol–water partition coefficient (Wildman–Crippen LogP) is 3.38. The zero-order chi connectivity index (χ0) is 13.2. The van der Waals surface area contributed by atoms with Crippen LogP contribution >= 0.6 is 11.6 Å². The van der Waals surface area contributed by atoms with Crippen LogP contribution in [0.4, 0.5) is 0 Å². The molecule has 0 aromatic heterocycles. The third-order valence-corrected chi connectivity index (χ3v) is 3.29. The molecule has 2 aromatic rings. The van der Waals surface area contributed by atoms with Gasteiger partial charge in [-0.05, 0) is 48.5 Å². The van der Waals surface area contributed by atoms with Crippen molar-refractivity contribution in [3.05, 3.63) is 53.6 Å². The number of ether oxygens (including phenoxy) is 1. The number of hydrogen-bond donors (Lipinski definition) is 1. The maximum atomic E-state index is 10.8. The molecule has 0 fully saturated rings. The maximum Gasteiger partial charge on any atom is 0.294 e. The zero-order valence-corrected chi connectivity index (χ0v) is 10.6. The van der Waals surface area contributed by atoms with E-state index in [2.05, 4.69) is 0 Å². The number of rotatable bonds is 3. The fourth-order valence-electron chi connectivity index (χ4n) is 1.32. The minimum absolute atomic E-state index is 0.175. The summed E-state index contributed by atoms with van der Waals surface area (Å²) in [6, 6.07) is 12.2. The Balaban J connectivity index is 2.18. The van der Waals surface area contributed by atoms with Crippen molar-refractivity contribution in [1.82, 2.24) is 0 Å². The quantitative estimate of drug-likeness (QED) is 0.878. The summed E-state index contributed by atoms with van der Waals surface area (Å²) in [4.78, 5) is -0.175. The lowest BCUT2D eigenvalue weighted by Crippen LogP contribution is -1.97. The van der Waals surface area contributed by atoms with Gasteiger partial charge in [-0.3, -0.25) is 4.55 Å². The van der Waals surface area contributed by atoms with Crippen LogP contribution in [0.5, 0.6) is 11.5 Å². The summed E-state index contributed by atoms with van der Waals surface area (Å²) in [5.74, 6) is 1.05. The molecule has 0 aliphatic rings. The Kier molecular flexibility index (Phi) is 3.56. The van der Waals surface area contributed by atoms with Gasteiger partial charge in [0.25, 0.3) is 10.1 Å². The van der Waals surface area contributed by atoms with Crippen LogP contribution in [0.15, 0.2) is 53.4 Å². The summed E-state index contributed by atoms with van der Waals surface area (Å²) < 4.78 is 36.0. The molecule has 0 heterocycles. The van der Waals surface area contributed by atoms with E-state index < -0.39 is 10.1 Å². The van der Waals surface area contributed by atoms with E-state index >= 15 is 0 Å². The minimum atomic E-state index is -4.17. The van der Waals surface area contributed by atoms with E-state index in [-0.39, 0.29) is 4.90 Å². The third kappa shape index (κ3) is 3.22. The van der Waals surface area contributed by atoms with Gasteiger partial charge in [0, 0.05) is 5.02 Å². The van der Waals surface area contributed by atoms with Crippen molar-refractivity contribution >= 4 is 21.7 Å². The molecule has 0 aliphatic carbocycles. The zero-order valence-electron chi connectivity index (χ0n) is 9.08. The minimum Gasteiger partial charge on any atom is -0.457 e. The molecule has 0 saturated carbocycles. The number of benzene rings is 2. The van der Waals surface area contributed by atoms with Crippen LogP contribution in [0, 0.1) is 0 Å². The standard InChI is InChI=1S/C12H9ClO4S/c13-9-1-3-10(4-2-9)17-11-5-7-12(8-6-11)18(14,15)16/h1-8H,(H,14,15,16). The second-order valence-corrected chi connectivity index (χ2v) is 5.36. The molecule has 2 aromatic carbocycles. The molecule has 0 unspecified atom stereocenters. The normalized spacial score (nSPS) is 11.2. The van der Waals surface area contributed by atoms with E-state index in [9.17, 15) is 8.42 Å². The summed E-state index contributed by atoms with van der Waals surface area (Å²) >= 11 is 5.74. The summed E-state index contributed by atoms with van der Waals surface area (Å²) in [6.07, 6.45) is 0. The summed E-state index contributed by atoms with van der Waals surface area (Å²) in [7, 11) is -4.17. The molecule has 0 saturated heterocycles. The van der Waals surface area contributed by atoms with Gasteiger partial charge in [0.1, 0.15) is 11.5 Å². The van der Waals surface area contributed by atoms with E-state index in [4.69, 9.17) is 20.9 Å². The van der Waals surface area contributed by atoms with Gasteiger partial charge in [0.15, 0.2) is 0 Å². The van der Waals surface area contributed by atoms with Crippen LogP contribution in [0.1, 0.15) is 0 Å². The Morgan fingerprint density at radius 2 is 1.33 bits per heavy atom. The first kappa shape index (κ1) is 12.9. The maximum absolute atomic E-state index is 10.8. The highest BCUT2D eigenvalue weighted by Crippen LogP contribution is 2.24. The molecular weight excluding hydrogens is 276 g/mol. The molecule has 4 nitrogen and oxygen atoms in total. The highest BCUT2D eigenvalue weighted by Gasteiger charge is 2.08. The lowest BCUT2D eigenvalue weighted by Gasteiger charge is -2.05. The van der Waals surface area contributed by atoms with Crippen LogP contribution < -0.4 is 4.74 Å². The van der Waals surface area contributed by atoms with E-state index in [1.165, 1.54) is 24.3 Å². The van der Waals surface area contributed by atoms with Crippen LogP contribution in [0.2, 0.25) is 5.02 Å². The Morgan fingerprint density at radius 1 is 0.889 bits per heavy atom. The molecule has 0 radical (unpaired) electrons. The van der Waals surface area contributed by atoms with E-state index in [0.29, 0.717) is 16.5 Å². The fraction of sp³-hybridized carbons (Fsp3) is 0. The van der Waals surface area contributed by atoms with Crippen LogP contribution in [0.25, 0.3) is 0 Å². The van der Waals surface area contributed by atoms with Crippen LogP contribution in [0.3, 0.4) is 0 Å². The van der Waals surface area contributed by atoms with Crippen LogP contribution in [-0.2, 0) is 10.1 Å². The molecule has 94 valence electrons. The number of hydrogen-bond acceptors (Lipinski definition) is 3. The van der Waals surface area contributed by atoms with Gasteiger partial charge in [-0.1, -0.05) is 11.6 Å². The first-order chi connectivity index (χ1) is 8.45. The predicted molar refractivity (Wildman–Crippen MR) is 67.8 cm³/mol. The topological polar surface area (TPSA) is 63.6 Å². The Labute approximate surface area is 110 Å². The Bertz CT molecular complexity index is 633. The van der Waals surface area contributed by atoms with Gasteiger partial charge >= 0.3 is 0 Å². The lowest BCUT2D eigenvalue weighted by molar-refractivity contribution is 0.478. The molecular formula is C12H9ClO4S. The molecule has 0 atom stereocenters. The number of halogens is 1. The van der Waals surface area contributed by atoms with Gasteiger partial charge in [0.05, 0.1) is 4.90 Å². The average molecular weight is 285 g/mol. The second-order valence-electron chi connectivity index (χ2n) is 3.50. The first-order valence-corrected chi connectivity index (χ1v) is 6.78. The van der Waals surface area contributed by atoms with Crippen molar-refractivity contribution in [2.45, 2.75) is 4.90 Å². The molecule has 18 heavy (non-hydrogen) atoms. The van der Waals surface area contributed by atoms with Crippen molar-refractivity contribution in [2.75, 3.05) is 0 Å². The van der Waals surface area contributed by atoms with E-state index in [1.807, 2.05) is 0 Å². The van der Waals surface area contributed by atoms with Crippen molar-refractivity contribution in [3.8, 4) is 11.5 Å². The van der Waals surface area contributed by atoms with Crippen molar-refractivity contribution in [3.63, 3.8) is 0 Å². The van der Waals surface area contributed by atoms with E-state index in [0.717, 1.165) is 0 Å². The van der Waals surface area contributed by atoms with Crippen molar-refractivity contribution in [1.29, 1.82) is 0 Å². The van der Waals surface area contributed by atoms with E-state index in [1.54, 1.807) is 24.3 Å². The van der Waals surface area contributed by atoms with Crippen LogP contribution in [-0.4, -0.2) is 13.0 Å². The molecule has 6 heteroatoms. The fourth-order valence-corrected chi connectivity index (χ4v) is 1.92. The highest BCUT2D eigenvalue weighted by atomic mass is 35.5. The Morgan fingerprint density at radius 3 is 1.78 bits per heavy atom. The summed E-state index contributed by atoms with van der Waals surface area (Å²) in [5, 5.41) is 0.601. The summed E-state index contributed by atoms with van der Waals surface area (Å²) in [5.41, 5.74) is 0. The second kappa shape index (κ2) is 4.97. The Hall–Kier alpha value is -1.56. The monoisotopic (exact) mass is 284 g/mol. The smallest absolute Gasteiger partial charge is 0.294 e. The molecule has 0 aliphatic heterocycles. The summed E-state index contributed by atoms with van der Waals surface area (Å²) in [6.45, 7) is 0. The molecule has 2 rings (SSSR count). The third-order valence-electron chi connectivity index (χ3n) is 2.17. The largest absolute Gasteiger partial charge is 0.457 e. The van der Waals surface area contributed by atoms with Gasteiger partial charge < -0.3 is 4.74 Å². The molecule has 0 spiro atoms. The van der Waals surface area contributed by atoms with Crippen molar-refractivity contribution < 1.29 is 17.7 Å². The van der Waals surface area contributed by atoms with Gasteiger partial charge in [-0.15, -0.1) is 0 Å². The highest BCUT2D eigenvalue weighted by molar-refractivity contribution is 7.85. The molecule has 0 amide bonds.